The van der Waals surface area contributed by atoms with Crippen LogP contribution in [0.4, 0.5) is 5.13 Å². The predicted molar refractivity (Wildman–Crippen MR) is 142 cm³/mol. The second-order valence-corrected chi connectivity index (χ2v) is 10.5. The van der Waals surface area contributed by atoms with Crippen LogP contribution in [0.2, 0.25) is 0 Å². The molecule has 36 heavy (non-hydrogen) atoms. The van der Waals surface area contributed by atoms with Gasteiger partial charge in [0.1, 0.15) is 6.54 Å². The Labute approximate surface area is 216 Å². The van der Waals surface area contributed by atoms with E-state index in [1.165, 1.54) is 22.5 Å². The lowest BCUT2D eigenvalue weighted by atomic mass is 10.00. The van der Waals surface area contributed by atoms with Crippen LogP contribution in [0.25, 0.3) is 0 Å². The van der Waals surface area contributed by atoms with Crippen molar-refractivity contribution in [2.24, 2.45) is 5.92 Å². The molecule has 0 spiro atoms. The number of hydrogen-bond acceptors (Lipinski definition) is 5. The molecule has 0 saturated carbocycles. The van der Waals surface area contributed by atoms with Gasteiger partial charge in [-0.2, -0.15) is 0 Å². The van der Waals surface area contributed by atoms with E-state index in [9.17, 15) is 14.4 Å². The summed E-state index contributed by atoms with van der Waals surface area (Å²) in [6.45, 7) is 7.71. The molecule has 7 nitrogen and oxygen atoms in total. The Bertz CT molecular complexity index is 1240. The molecular formula is C28H32N4O3S. The molecule has 1 aromatic heterocycles. The molecule has 3 aromatic rings. The standard InChI is InChI=1S/C28H32N4O3S/c1-19(2)15-32(27(35)22-10-8-20(3)9-11-22)17-25(33)30-28-29-24(18-36-28)14-26(34)31-13-12-21-6-4-5-7-23(21)16-31/h4-11,18-19H,12-17H2,1-3H3,(H,29,30,33). The van der Waals surface area contributed by atoms with Crippen molar-refractivity contribution in [3.8, 4) is 0 Å². The van der Waals surface area contributed by atoms with E-state index in [1.54, 1.807) is 22.4 Å². The summed E-state index contributed by atoms with van der Waals surface area (Å²) in [5.41, 5.74) is 4.75. The van der Waals surface area contributed by atoms with E-state index in [0.29, 0.717) is 36.0 Å². The van der Waals surface area contributed by atoms with Gasteiger partial charge < -0.3 is 15.1 Å². The first-order chi connectivity index (χ1) is 17.3. The fraction of sp³-hybridized carbons (Fsp3) is 0.357. The van der Waals surface area contributed by atoms with E-state index in [1.807, 2.05) is 49.9 Å². The zero-order chi connectivity index (χ0) is 25.7. The van der Waals surface area contributed by atoms with Crippen molar-refractivity contribution < 1.29 is 14.4 Å². The highest BCUT2D eigenvalue weighted by atomic mass is 32.1. The average molecular weight is 505 g/mol. The van der Waals surface area contributed by atoms with Crippen molar-refractivity contribution >= 4 is 34.2 Å². The molecule has 0 aliphatic carbocycles. The quantitative estimate of drug-likeness (QED) is 0.495. The molecule has 188 valence electrons. The maximum absolute atomic E-state index is 13.0. The van der Waals surface area contributed by atoms with E-state index < -0.39 is 0 Å². The van der Waals surface area contributed by atoms with Gasteiger partial charge in [-0.05, 0) is 42.5 Å². The summed E-state index contributed by atoms with van der Waals surface area (Å²) in [6.07, 6.45) is 1.05. The monoisotopic (exact) mass is 504 g/mol. The number of aryl methyl sites for hydroxylation is 1. The first-order valence-corrected chi connectivity index (χ1v) is 13.1. The van der Waals surface area contributed by atoms with Crippen molar-refractivity contribution in [1.82, 2.24) is 14.8 Å². The van der Waals surface area contributed by atoms with Crippen LogP contribution in [0.5, 0.6) is 0 Å². The van der Waals surface area contributed by atoms with Crippen LogP contribution in [-0.4, -0.2) is 52.1 Å². The van der Waals surface area contributed by atoms with Crippen LogP contribution in [0.1, 0.15) is 46.6 Å². The van der Waals surface area contributed by atoms with Crippen LogP contribution >= 0.6 is 11.3 Å². The minimum Gasteiger partial charge on any atom is -0.338 e. The maximum atomic E-state index is 13.0. The van der Waals surface area contributed by atoms with E-state index >= 15 is 0 Å². The number of amides is 3. The van der Waals surface area contributed by atoms with Gasteiger partial charge in [0.15, 0.2) is 5.13 Å². The molecule has 0 bridgehead atoms. The summed E-state index contributed by atoms with van der Waals surface area (Å²) < 4.78 is 0. The molecule has 8 heteroatoms. The summed E-state index contributed by atoms with van der Waals surface area (Å²) in [6, 6.07) is 15.6. The van der Waals surface area contributed by atoms with Gasteiger partial charge in [0.05, 0.1) is 12.1 Å². The number of hydrogen-bond donors (Lipinski definition) is 1. The summed E-state index contributed by atoms with van der Waals surface area (Å²) in [7, 11) is 0. The van der Waals surface area contributed by atoms with Crippen LogP contribution in [0, 0.1) is 12.8 Å². The van der Waals surface area contributed by atoms with Gasteiger partial charge in [0, 0.05) is 30.6 Å². The van der Waals surface area contributed by atoms with Crippen LogP contribution in [0.15, 0.2) is 53.9 Å². The number of fused-ring (bicyclic) bond motifs is 1. The third-order valence-corrected chi connectivity index (χ3v) is 6.93. The highest BCUT2D eigenvalue weighted by Crippen LogP contribution is 2.21. The smallest absolute Gasteiger partial charge is 0.254 e. The van der Waals surface area contributed by atoms with Gasteiger partial charge in [0.2, 0.25) is 11.8 Å². The summed E-state index contributed by atoms with van der Waals surface area (Å²) in [4.78, 5) is 46.5. The molecule has 2 aromatic carbocycles. The fourth-order valence-electron chi connectivity index (χ4n) is 4.29. The van der Waals surface area contributed by atoms with Crippen molar-refractivity contribution in [3.63, 3.8) is 0 Å². The summed E-state index contributed by atoms with van der Waals surface area (Å²) >= 11 is 1.29. The predicted octanol–water partition coefficient (Wildman–Crippen LogP) is 4.32. The Morgan fingerprint density at radius 2 is 1.81 bits per heavy atom. The molecule has 3 amide bonds. The van der Waals surface area contributed by atoms with Gasteiger partial charge in [0.25, 0.3) is 5.91 Å². The number of rotatable bonds is 8. The lowest BCUT2D eigenvalue weighted by Crippen LogP contribution is -2.40. The van der Waals surface area contributed by atoms with E-state index in [2.05, 4.69) is 22.4 Å². The van der Waals surface area contributed by atoms with Crippen LogP contribution in [0.3, 0.4) is 0 Å². The van der Waals surface area contributed by atoms with Crippen molar-refractivity contribution in [2.45, 2.75) is 40.2 Å². The lowest BCUT2D eigenvalue weighted by Gasteiger charge is -2.28. The number of carbonyl (C=O) groups is 3. The second kappa shape index (κ2) is 11.5. The SMILES string of the molecule is Cc1ccc(C(=O)N(CC(=O)Nc2nc(CC(=O)N3CCc4ccccc4C3)cs2)CC(C)C)cc1. The number of nitrogens with one attached hydrogen (secondary N) is 1. The minimum atomic E-state index is -0.309. The van der Waals surface area contributed by atoms with Crippen molar-refractivity contribution in [1.29, 1.82) is 0 Å². The number of nitrogens with zero attached hydrogens (tertiary/aromatic N) is 3. The Morgan fingerprint density at radius 1 is 1.08 bits per heavy atom. The Balaban J connectivity index is 1.33. The molecule has 0 unspecified atom stereocenters. The third-order valence-electron chi connectivity index (χ3n) is 6.12. The molecule has 0 fully saturated rings. The summed E-state index contributed by atoms with van der Waals surface area (Å²) in [5.74, 6) is -0.241. The topological polar surface area (TPSA) is 82.6 Å². The molecule has 1 N–H and O–H groups in total. The molecule has 1 aliphatic rings. The molecule has 4 rings (SSSR count). The normalized spacial score (nSPS) is 12.8. The molecule has 0 atom stereocenters. The lowest BCUT2D eigenvalue weighted by molar-refractivity contribution is -0.131. The van der Waals surface area contributed by atoms with Crippen LogP contribution in [-0.2, 0) is 29.0 Å². The number of anilines is 1. The van der Waals surface area contributed by atoms with Gasteiger partial charge >= 0.3 is 0 Å². The zero-order valence-corrected chi connectivity index (χ0v) is 21.8. The summed E-state index contributed by atoms with van der Waals surface area (Å²) in [5, 5.41) is 5.03. The fourth-order valence-corrected chi connectivity index (χ4v) is 5.02. The van der Waals surface area contributed by atoms with Crippen molar-refractivity contribution in [3.05, 3.63) is 81.9 Å². The minimum absolute atomic E-state index is 0.0273. The molecular weight excluding hydrogens is 472 g/mol. The van der Waals surface area contributed by atoms with Crippen LogP contribution < -0.4 is 5.32 Å². The Hall–Kier alpha value is -3.52. The largest absolute Gasteiger partial charge is 0.338 e. The van der Waals surface area contributed by atoms with Gasteiger partial charge in [-0.1, -0.05) is 55.8 Å². The third kappa shape index (κ3) is 6.57. The Morgan fingerprint density at radius 3 is 2.53 bits per heavy atom. The van der Waals surface area contributed by atoms with Gasteiger partial charge in [-0.25, -0.2) is 4.98 Å². The number of benzene rings is 2. The molecule has 0 saturated heterocycles. The zero-order valence-electron chi connectivity index (χ0n) is 21.0. The molecule has 0 radical (unpaired) electrons. The highest BCUT2D eigenvalue weighted by Gasteiger charge is 2.23. The molecule has 2 heterocycles. The average Bonchev–Trinajstić information content (AvgIpc) is 3.29. The first-order valence-electron chi connectivity index (χ1n) is 12.2. The molecule has 1 aliphatic heterocycles. The van der Waals surface area contributed by atoms with Crippen molar-refractivity contribution in [2.75, 3.05) is 25.0 Å². The Kier molecular flexibility index (Phi) is 8.15. The van der Waals surface area contributed by atoms with E-state index in [0.717, 1.165) is 12.0 Å². The van der Waals surface area contributed by atoms with Gasteiger partial charge in [-0.3, -0.25) is 14.4 Å². The van der Waals surface area contributed by atoms with E-state index in [4.69, 9.17) is 0 Å². The van der Waals surface area contributed by atoms with E-state index in [-0.39, 0.29) is 36.6 Å². The maximum Gasteiger partial charge on any atom is 0.254 e. The second-order valence-electron chi connectivity index (χ2n) is 9.65. The first kappa shape index (κ1) is 25.6. The number of thiazole rings is 1. The number of carbonyl (C=O) groups excluding carboxylic acids is 3. The highest BCUT2D eigenvalue weighted by molar-refractivity contribution is 7.13. The van der Waals surface area contributed by atoms with Gasteiger partial charge in [-0.15, -0.1) is 11.3 Å². The number of aromatic nitrogens is 1.